The Morgan fingerprint density at radius 2 is 2.38 bits per heavy atom. The van der Waals surface area contributed by atoms with Crippen LogP contribution in [-0.4, -0.2) is 22.3 Å². The highest BCUT2D eigenvalue weighted by atomic mass is 32.1. The van der Waals surface area contributed by atoms with Crippen LogP contribution in [0.3, 0.4) is 0 Å². The van der Waals surface area contributed by atoms with Gasteiger partial charge in [0.25, 0.3) is 5.56 Å². The third-order valence-corrected chi connectivity index (χ3v) is 3.01. The van der Waals surface area contributed by atoms with Gasteiger partial charge in [0, 0.05) is 6.61 Å². The second-order valence-electron chi connectivity index (χ2n) is 3.80. The highest BCUT2D eigenvalue weighted by molar-refractivity contribution is 7.71. The van der Waals surface area contributed by atoms with Gasteiger partial charge in [0.05, 0.1) is 12.6 Å². The third kappa shape index (κ3) is 1.96. The maximum atomic E-state index is 11.3. The molecular formula is C9H14N4O2S. The van der Waals surface area contributed by atoms with Crippen LogP contribution in [0.4, 0.5) is 11.5 Å². The van der Waals surface area contributed by atoms with E-state index >= 15 is 0 Å². The largest absolute Gasteiger partial charge is 0.391 e. The molecule has 0 bridgehead atoms. The molecule has 0 saturated carbocycles. The van der Waals surface area contributed by atoms with Crippen LogP contribution < -0.4 is 17.0 Å². The van der Waals surface area contributed by atoms with Gasteiger partial charge in [-0.15, -0.1) is 0 Å². The third-order valence-electron chi connectivity index (χ3n) is 2.69. The first-order valence-electron chi connectivity index (χ1n) is 5.09. The van der Waals surface area contributed by atoms with E-state index in [-0.39, 0.29) is 22.4 Å². The maximum Gasteiger partial charge on any atom is 0.277 e. The van der Waals surface area contributed by atoms with Crippen molar-refractivity contribution in [2.75, 3.05) is 18.1 Å². The molecule has 0 spiro atoms. The van der Waals surface area contributed by atoms with E-state index in [4.69, 9.17) is 28.4 Å². The Balaban J connectivity index is 2.36. The van der Waals surface area contributed by atoms with E-state index in [0.717, 1.165) is 19.4 Å². The molecule has 16 heavy (non-hydrogen) atoms. The van der Waals surface area contributed by atoms with Crippen LogP contribution in [0.15, 0.2) is 4.79 Å². The minimum Gasteiger partial charge on any atom is -0.391 e. The number of aromatic amines is 1. The van der Waals surface area contributed by atoms with Gasteiger partial charge < -0.3 is 20.8 Å². The quantitative estimate of drug-likeness (QED) is 0.648. The summed E-state index contributed by atoms with van der Waals surface area (Å²) >= 11 is 5.04. The number of hydrogen-bond donors (Lipinski definition) is 3. The molecule has 0 aromatic carbocycles. The SMILES string of the molecule is Nc1c(N)n(CC2CCCO2)[14c](=S)[nH]c1=O. The first-order chi connectivity index (χ1) is 7.59. The molecule has 1 aromatic heterocycles. The fraction of sp³-hybridized carbons (Fsp3) is 0.556. The predicted octanol–water partition coefficient (Wildman–Crippen LogP) is 0.249. The van der Waals surface area contributed by atoms with E-state index in [1.54, 1.807) is 4.57 Å². The van der Waals surface area contributed by atoms with Crippen molar-refractivity contribution in [2.24, 2.45) is 0 Å². The summed E-state index contributed by atoms with van der Waals surface area (Å²) in [5.74, 6) is 0.212. The van der Waals surface area contributed by atoms with Gasteiger partial charge in [-0.25, -0.2) is 0 Å². The van der Waals surface area contributed by atoms with Gasteiger partial charge in [-0.05, 0) is 25.1 Å². The van der Waals surface area contributed by atoms with Gasteiger partial charge in [-0.2, -0.15) is 0 Å². The molecule has 1 aliphatic rings. The van der Waals surface area contributed by atoms with Crippen LogP contribution in [0.25, 0.3) is 0 Å². The lowest BCUT2D eigenvalue weighted by Gasteiger charge is -2.15. The van der Waals surface area contributed by atoms with Gasteiger partial charge in [-0.3, -0.25) is 9.78 Å². The molecule has 1 aromatic rings. The van der Waals surface area contributed by atoms with E-state index in [1.807, 2.05) is 0 Å². The molecule has 1 fully saturated rings. The summed E-state index contributed by atoms with van der Waals surface area (Å²) in [6, 6.07) is 0. The van der Waals surface area contributed by atoms with E-state index in [2.05, 4.69) is 4.98 Å². The number of aromatic nitrogens is 2. The Hall–Kier alpha value is -1.34. The molecule has 1 atom stereocenters. The first-order valence-corrected chi connectivity index (χ1v) is 5.50. The molecule has 0 amide bonds. The Bertz CT molecular complexity index is 501. The van der Waals surface area contributed by atoms with Gasteiger partial charge >= 0.3 is 0 Å². The summed E-state index contributed by atoms with van der Waals surface area (Å²) in [6.07, 6.45) is 2.11. The summed E-state index contributed by atoms with van der Waals surface area (Å²) in [5, 5.41) is 0. The molecule has 1 aliphatic heterocycles. The minimum absolute atomic E-state index is 0.00611. The zero-order chi connectivity index (χ0) is 11.7. The molecule has 88 valence electrons. The zero-order valence-corrected chi connectivity index (χ0v) is 9.55. The van der Waals surface area contributed by atoms with Crippen molar-refractivity contribution in [3.8, 4) is 0 Å². The minimum atomic E-state index is -0.439. The smallest absolute Gasteiger partial charge is 0.277 e. The van der Waals surface area contributed by atoms with Crippen molar-refractivity contribution in [1.29, 1.82) is 0 Å². The number of nitrogens with zero attached hydrogens (tertiary/aromatic N) is 1. The standard InChI is InChI=1S/C9H14N4O2S/c10-6-7(11)13(9(16)12-8(6)14)4-5-2-1-3-15-5/h5H,1-4,10-11H2,(H,12,14,16)/i9+2. The number of nitrogen functional groups attached to an aromatic ring is 2. The molecule has 7 heteroatoms. The maximum absolute atomic E-state index is 11.3. The predicted molar refractivity (Wildman–Crippen MR) is 63.7 cm³/mol. The molecule has 5 N–H and O–H groups in total. The normalized spacial score (nSPS) is 20.1. The Labute approximate surface area is 97.2 Å². The number of rotatable bonds is 2. The Morgan fingerprint density at radius 3 is 3.00 bits per heavy atom. The molecule has 6 nitrogen and oxygen atoms in total. The summed E-state index contributed by atoms with van der Waals surface area (Å²) < 4.78 is 7.38. The van der Waals surface area contributed by atoms with E-state index in [9.17, 15) is 4.79 Å². The average molecular weight is 244 g/mol. The fourth-order valence-corrected chi connectivity index (χ4v) is 2.04. The number of hydrogen-bond acceptors (Lipinski definition) is 5. The lowest BCUT2D eigenvalue weighted by Crippen LogP contribution is -2.25. The van der Waals surface area contributed by atoms with Gasteiger partial charge in [0.2, 0.25) is 0 Å². The highest BCUT2D eigenvalue weighted by Crippen LogP contribution is 2.17. The van der Waals surface area contributed by atoms with Crippen molar-refractivity contribution in [2.45, 2.75) is 25.5 Å². The van der Waals surface area contributed by atoms with Crippen LogP contribution >= 0.6 is 12.2 Å². The molecule has 2 heterocycles. The second-order valence-corrected chi connectivity index (χ2v) is 4.19. The zero-order valence-electron chi connectivity index (χ0n) is 8.73. The van der Waals surface area contributed by atoms with Crippen molar-refractivity contribution in [1.82, 2.24) is 9.55 Å². The average Bonchev–Trinajstić information content (AvgIpc) is 2.74. The molecule has 0 radical (unpaired) electrons. The number of H-pyrrole nitrogens is 1. The lowest BCUT2D eigenvalue weighted by molar-refractivity contribution is 0.0968. The number of nitrogens with two attached hydrogens (primary N) is 2. The van der Waals surface area contributed by atoms with Crippen molar-refractivity contribution in [3.05, 3.63) is 15.1 Å². The summed E-state index contributed by atoms with van der Waals surface area (Å²) in [5.41, 5.74) is 10.9. The summed E-state index contributed by atoms with van der Waals surface area (Å²) in [4.78, 5) is 13.8. The van der Waals surface area contributed by atoms with Gasteiger partial charge in [0.15, 0.2) is 4.77 Å². The first kappa shape index (κ1) is 11.2. The topological polar surface area (TPSA) is 99.1 Å². The summed E-state index contributed by atoms with van der Waals surface area (Å²) in [6.45, 7) is 1.29. The van der Waals surface area contributed by atoms with Crippen LogP contribution in [-0.2, 0) is 11.3 Å². The van der Waals surface area contributed by atoms with E-state index in [0.29, 0.717) is 6.54 Å². The summed E-state index contributed by atoms with van der Waals surface area (Å²) in [7, 11) is 0. The van der Waals surface area contributed by atoms with E-state index in [1.165, 1.54) is 0 Å². The van der Waals surface area contributed by atoms with Crippen LogP contribution in [0, 0.1) is 4.77 Å². The van der Waals surface area contributed by atoms with Crippen molar-refractivity contribution >= 4 is 23.7 Å². The molecule has 1 unspecified atom stereocenters. The van der Waals surface area contributed by atoms with Gasteiger partial charge in [-0.1, -0.05) is 0 Å². The lowest BCUT2D eigenvalue weighted by atomic mass is 10.2. The van der Waals surface area contributed by atoms with Crippen molar-refractivity contribution < 1.29 is 4.74 Å². The second kappa shape index (κ2) is 4.26. The number of ether oxygens (including phenoxy) is 1. The molecule has 1 saturated heterocycles. The highest BCUT2D eigenvalue weighted by Gasteiger charge is 2.18. The van der Waals surface area contributed by atoms with E-state index < -0.39 is 5.56 Å². The van der Waals surface area contributed by atoms with Crippen LogP contribution in [0.5, 0.6) is 0 Å². The van der Waals surface area contributed by atoms with Crippen molar-refractivity contribution in [3.63, 3.8) is 0 Å². The van der Waals surface area contributed by atoms with Crippen LogP contribution in [0.1, 0.15) is 12.8 Å². The molecular weight excluding hydrogens is 230 g/mol. The Morgan fingerprint density at radius 1 is 1.62 bits per heavy atom. The molecule has 0 aliphatic carbocycles. The fourth-order valence-electron chi connectivity index (χ4n) is 1.78. The monoisotopic (exact) mass is 244 g/mol. The van der Waals surface area contributed by atoms with Gasteiger partial charge in [0.1, 0.15) is 11.5 Å². The number of nitrogens with one attached hydrogen (secondary N) is 1. The Kier molecular flexibility index (Phi) is 2.97. The van der Waals surface area contributed by atoms with Crippen LogP contribution in [0.2, 0.25) is 0 Å². The number of anilines is 2. The molecule has 2 rings (SSSR count).